The van der Waals surface area contributed by atoms with Gasteiger partial charge in [-0.15, -0.1) is 0 Å². The Bertz CT molecular complexity index is 658. The number of unbranched alkanes of at least 4 members (excludes halogenated alkanes) is 5. The number of nitrogens with zero attached hydrogens (tertiary/aromatic N) is 2. The van der Waals surface area contributed by atoms with Crippen LogP contribution in [0.3, 0.4) is 0 Å². The zero-order valence-corrected chi connectivity index (χ0v) is 16.1. The second-order valence-electron chi connectivity index (χ2n) is 6.96. The van der Waals surface area contributed by atoms with Gasteiger partial charge in [0.05, 0.1) is 5.69 Å². The zero-order chi connectivity index (χ0) is 18.1. The Hall–Kier alpha value is -1.90. The maximum absolute atomic E-state index is 12.6. The molecule has 0 aliphatic rings. The number of benzene rings is 1. The van der Waals surface area contributed by atoms with Gasteiger partial charge in [0.1, 0.15) is 0 Å². The van der Waals surface area contributed by atoms with Crippen LogP contribution in [-0.2, 0) is 12.8 Å². The van der Waals surface area contributed by atoms with Crippen LogP contribution in [0.2, 0.25) is 0 Å². The minimum absolute atomic E-state index is 0.0960. The van der Waals surface area contributed by atoms with Crippen LogP contribution < -0.4 is 0 Å². The highest BCUT2D eigenvalue weighted by Crippen LogP contribution is 2.18. The predicted octanol–water partition coefficient (Wildman–Crippen LogP) is 5.68. The van der Waals surface area contributed by atoms with E-state index in [0.717, 1.165) is 24.2 Å². The van der Waals surface area contributed by atoms with Crippen molar-refractivity contribution in [1.29, 1.82) is 0 Å². The van der Waals surface area contributed by atoms with E-state index in [-0.39, 0.29) is 5.91 Å². The SMILES string of the molecule is CCCCCCCCc1c(C)nn(C(=O)CCc2ccccc2)c1C. The number of carbonyl (C=O) groups excluding carboxylic acids is 1. The smallest absolute Gasteiger partial charge is 0.247 e. The van der Waals surface area contributed by atoms with E-state index in [1.165, 1.54) is 49.7 Å². The first-order valence-corrected chi connectivity index (χ1v) is 9.75. The summed E-state index contributed by atoms with van der Waals surface area (Å²) < 4.78 is 1.63. The molecule has 0 aliphatic carbocycles. The number of rotatable bonds is 10. The van der Waals surface area contributed by atoms with E-state index in [2.05, 4.69) is 24.2 Å². The van der Waals surface area contributed by atoms with Gasteiger partial charge in [0.15, 0.2) is 0 Å². The normalized spacial score (nSPS) is 11.0. The largest absolute Gasteiger partial charge is 0.273 e. The molecule has 0 fully saturated rings. The van der Waals surface area contributed by atoms with E-state index in [4.69, 9.17) is 0 Å². The first kappa shape index (κ1) is 19.4. The summed E-state index contributed by atoms with van der Waals surface area (Å²) in [5, 5.41) is 4.52. The van der Waals surface area contributed by atoms with Gasteiger partial charge < -0.3 is 0 Å². The molecular formula is C22H32N2O. The van der Waals surface area contributed by atoms with Gasteiger partial charge in [-0.1, -0.05) is 69.4 Å². The van der Waals surface area contributed by atoms with Gasteiger partial charge in [-0.2, -0.15) is 5.10 Å². The number of aromatic nitrogens is 2. The molecule has 136 valence electrons. The lowest BCUT2D eigenvalue weighted by Gasteiger charge is -2.05. The van der Waals surface area contributed by atoms with Gasteiger partial charge in [0.2, 0.25) is 5.91 Å². The van der Waals surface area contributed by atoms with E-state index in [1.807, 2.05) is 32.0 Å². The maximum Gasteiger partial charge on any atom is 0.247 e. The van der Waals surface area contributed by atoms with Gasteiger partial charge in [-0.3, -0.25) is 4.79 Å². The second-order valence-corrected chi connectivity index (χ2v) is 6.96. The average molecular weight is 341 g/mol. The average Bonchev–Trinajstić information content (AvgIpc) is 2.91. The molecule has 0 bridgehead atoms. The van der Waals surface area contributed by atoms with Crippen LogP contribution in [0.4, 0.5) is 0 Å². The van der Waals surface area contributed by atoms with Crippen molar-refractivity contribution in [1.82, 2.24) is 9.78 Å². The van der Waals surface area contributed by atoms with Crippen molar-refractivity contribution >= 4 is 5.91 Å². The summed E-state index contributed by atoms with van der Waals surface area (Å²) in [5.74, 6) is 0.0960. The molecule has 2 aromatic rings. The summed E-state index contributed by atoms with van der Waals surface area (Å²) in [6.45, 7) is 6.31. The van der Waals surface area contributed by atoms with E-state index >= 15 is 0 Å². The highest BCUT2D eigenvalue weighted by molar-refractivity contribution is 5.79. The lowest BCUT2D eigenvalue weighted by molar-refractivity contribution is 0.0884. The molecule has 25 heavy (non-hydrogen) atoms. The summed E-state index contributed by atoms with van der Waals surface area (Å²) in [7, 11) is 0. The van der Waals surface area contributed by atoms with Crippen molar-refractivity contribution < 1.29 is 4.79 Å². The highest BCUT2D eigenvalue weighted by Gasteiger charge is 2.16. The first-order valence-electron chi connectivity index (χ1n) is 9.75. The summed E-state index contributed by atoms with van der Waals surface area (Å²) in [6.07, 6.45) is 10.0. The molecule has 3 nitrogen and oxygen atoms in total. The first-order chi connectivity index (χ1) is 12.1. The fourth-order valence-corrected chi connectivity index (χ4v) is 3.36. The molecule has 0 saturated heterocycles. The van der Waals surface area contributed by atoms with Crippen molar-refractivity contribution in [2.24, 2.45) is 0 Å². The Morgan fingerprint density at radius 1 is 0.960 bits per heavy atom. The van der Waals surface area contributed by atoms with Gasteiger partial charge in [0.25, 0.3) is 0 Å². The Morgan fingerprint density at radius 2 is 1.64 bits per heavy atom. The Labute approximate surface area is 152 Å². The topological polar surface area (TPSA) is 34.9 Å². The monoisotopic (exact) mass is 340 g/mol. The van der Waals surface area contributed by atoms with Crippen LogP contribution in [0.15, 0.2) is 30.3 Å². The lowest BCUT2D eigenvalue weighted by atomic mass is 10.0. The van der Waals surface area contributed by atoms with Crippen LogP contribution in [0.25, 0.3) is 0 Å². The molecule has 1 aromatic carbocycles. The van der Waals surface area contributed by atoms with Crippen LogP contribution >= 0.6 is 0 Å². The van der Waals surface area contributed by atoms with E-state index < -0.39 is 0 Å². The summed E-state index contributed by atoms with van der Waals surface area (Å²) in [5.41, 5.74) is 4.51. The van der Waals surface area contributed by atoms with Crippen molar-refractivity contribution in [2.45, 2.75) is 78.6 Å². The van der Waals surface area contributed by atoms with Crippen molar-refractivity contribution in [2.75, 3.05) is 0 Å². The molecule has 0 radical (unpaired) electrons. The molecule has 2 rings (SSSR count). The van der Waals surface area contributed by atoms with Crippen molar-refractivity contribution in [3.63, 3.8) is 0 Å². The van der Waals surface area contributed by atoms with Crippen LogP contribution in [-0.4, -0.2) is 15.7 Å². The molecule has 0 spiro atoms. The molecule has 1 heterocycles. The second kappa shape index (κ2) is 10.2. The quantitative estimate of drug-likeness (QED) is 0.522. The summed E-state index contributed by atoms with van der Waals surface area (Å²) >= 11 is 0. The molecule has 3 heteroatoms. The van der Waals surface area contributed by atoms with Gasteiger partial charge >= 0.3 is 0 Å². The minimum atomic E-state index is 0.0960. The Balaban J connectivity index is 1.88. The number of hydrogen-bond acceptors (Lipinski definition) is 2. The van der Waals surface area contributed by atoms with Crippen LogP contribution in [0.5, 0.6) is 0 Å². The molecule has 0 saturated carbocycles. The molecule has 0 N–H and O–H groups in total. The summed E-state index contributed by atoms with van der Waals surface area (Å²) in [6, 6.07) is 10.2. The van der Waals surface area contributed by atoms with E-state index in [0.29, 0.717) is 6.42 Å². The fraction of sp³-hybridized carbons (Fsp3) is 0.545. The molecule has 0 aliphatic heterocycles. The third-order valence-electron chi connectivity index (χ3n) is 4.93. The maximum atomic E-state index is 12.6. The standard InChI is InChI=1S/C22H32N2O/c1-4-5-6-7-8-12-15-21-18(2)23-24(19(21)3)22(25)17-16-20-13-10-9-11-14-20/h9-11,13-14H,4-8,12,15-17H2,1-3H3. The molecule has 0 amide bonds. The number of aryl methyl sites for hydroxylation is 2. The van der Waals surface area contributed by atoms with Crippen molar-refractivity contribution in [3.05, 3.63) is 52.8 Å². The molecular weight excluding hydrogens is 308 g/mol. The van der Waals surface area contributed by atoms with Gasteiger partial charge in [-0.25, -0.2) is 4.68 Å². The zero-order valence-electron chi connectivity index (χ0n) is 16.1. The summed E-state index contributed by atoms with van der Waals surface area (Å²) in [4.78, 5) is 12.6. The molecule has 0 unspecified atom stereocenters. The third kappa shape index (κ3) is 5.84. The molecule has 0 atom stereocenters. The van der Waals surface area contributed by atoms with E-state index in [9.17, 15) is 4.79 Å². The molecule has 1 aromatic heterocycles. The Kier molecular flexibility index (Phi) is 7.90. The van der Waals surface area contributed by atoms with Gasteiger partial charge in [-0.05, 0) is 44.2 Å². The lowest BCUT2D eigenvalue weighted by Crippen LogP contribution is -2.15. The highest BCUT2D eigenvalue weighted by atomic mass is 16.2. The van der Waals surface area contributed by atoms with E-state index in [1.54, 1.807) is 4.68 Å². The van der Waals surface area contributed by atoms with Crippen molar-refractivity contribution in [3.8, 4) is 0 Å². The predicted molar refractivity (Wildman–Crippen MR) is 104 cm³/mol. The van der Waals surface area contributed by atoms with Gasteiger partial charge in [0, 0.05) is 12.1 Å². The minimum Gasteiger partial charge on any atom is -0.273 e. The third-order valence-corrected chi connectivity index (χ3v) is 4.93. The fourth-order valence-electron chi connectivity index (χ4n) is 3.36. The van der Waals surface area contributed by atoms with Crippen LogP contribution in [0.1, 0.15) is 79.2 Å². The van der Waals surface area contributed by atoms with Crippen LogP contribution in [0, 0.1) is 13.8 Å². The number of hydrogen-bond donors (Lipinski definition) is 0. The Morgan fingerprint density at radius 3 is 2.36 bits per heavy atom. The number of carbonyl (C=O) groups is 1.